The lowest BCUT2D eigenvalue weighted by atomic mass is 10.1. The van der Waals surface area contributed by atoms with Crippen molar-refractivity contribution in [2.24, 2.45) is 0 Å². The Morgan fingerprint density at radius 3 is 2.89 bits per heavy atom. The molecule has 0 radical (unpaired) electrons. The fourth-order valence-corrected chi connectivity index (χ4v) is 2.42. The molecule has 3 atom stereocenters. The summed E-state index contributed by atoms with van der Waals surface area (Å²) in [7, 11) is 0. The van der Waals surface area contributed by atoms with Crippen LogP contribution in [0.5, 0.6) is 0 Å². The number of aliphatic hydroxyl groups excluding tert-OH is 1. The zero-order valence-electron chi connectivity index (χ0n) is 10.7. The molecule has 2 heterocycles. The van der Waals surface area contributed by atoms with Crippen LogP contribution in [0.3, 0.4) is 0 Å². The van der Waals surface area contributed by atoms with E-state index in [0.29, 0.717) is 6.54 Å². The molecule has 6 heteroatoms. The van der Waals surface area contributed by atoms with Gasteiger partial charge in [-0.2, -0.15) is 0 Å². The summed E-state index contributed by atoms with van der Waals surface area (Å²) in [5.41, 5.74) is 0. The number of amides is 1. The molecule has 1 amide bonds. The molecule has 18 heavy (non-hydrogen) atoms. The minimum Gasteiger partial charge on any atom is -0.447 e. The maximum Gasteiger partial charge on any atom is 0.410 e. The van der Waals surface area contributed by atoms with Crippen LogP contribution >= 0.6 is 0 Å². The van der Waals surface area contributed by atoms with Gasteiger partial charge in [-0.05, 0) is 13.8 Å². The van der Waals surface area contributed by atoms with E-state index >= 15 is 0 Å². The maximum atomic E-state index is 11.6. The Balaban J connectivity index is 2.14. The second-order valence-electron chi connectivity index (χ2n) is 4.91. The topological polar surface area (TPSA) is 68.2 Å². The molecule has 6 nitrogen and oxygen atoms in total. The lowest BCUT2D eigenvalue weighted by Crippen LogP contribution is -2.47. The van der Waals surface area contributed by atoms with Gasteiger partial charge in [0.15, 0.2) is 5.79 Å². The van der Waals surface area contributed by atoms with Crippen LogP contribution in [0.1, 0.15) is 13.8 Å². The minimum absolute atomic E-state index is 0.152. The van der Waals surface area contributed by atoms with Crippen LogP contribution in [0, 0.1) is 0 Å². The van der Waals surface area contributed by atoms with Crippen molar-refractivity contribution in [3.8, 4) is 0 Å². The highest BCUT2D eigenvalue weighted by molar-refractivity contribution is 5.70. The number of ether oxygens (including phenoxy) is 3. The largest absolute Gasteiger partial charge is 0.447 e. The third-order valence-electron chi connectivity index (χ3n) is 3.12. The molecule has 0 unspecified atom stereocenters. The second-order valence-corrected chi connectivity index (χ2v) is 4.91. The Bertz CT molecular complexity index is 343. The number of hydrogen-bond acceptors (Lipinski definition) is 5. The lowest BCUT2D eigenvalue weighted by molar-refractivity contribution is -0.152. The van der Waals surface area contributed by atoms with Gasteiger partial charge in [-0.1, -0.05) is 6.08 Å². The van der Waals surface area contributed by atoms with Gasteiger partial charge in [0.1, 0.15) is 18.8 Å². The summed E-state index contributed by atoms with van der Waals surface area (Å²) in [4.78, 5) is 13.1. The van der Waals surface area contributed by atoms with Crippen LogP contribution in [-0.4, -0.2) is 59.9 Å². The lowest BCUT2D eigenvalue weighted by Gasteiger charge is -2.27. The fraction of sp³-hybridized carbons (Fsp3) is 0.750. The first-order chi connectivity index (χ1) is 8.48. The highest BCUT2D eigenvalue weighted by Gasteiger charge is 2.50. The van der Waals surface area contributed by atoms with Crippen LogP contribution in [0.4, 0.5) is 4.79 Å². The number of cyclic esters (lactones) is 1. The average Bonchev–Trinajstić information content (AvgIpc) is 2.81. The van der Waals surface area contributed by atoms with Gasteiger partial charge in [0, 0.05) is 6.54 Å². The monoisotopic (exact) mass is 257 g/mol. The third-order valence-corrected chi connectivity index (χ3v) is 3.12. The fourth-order valence-electron chi connectivity index (χ4n) is 2.42. The molecular formula is C12H19NO5. The predicted octanol–water partition coefficient (Wildman–Crippen LogP) is 0.506. The molecule has 0 bridgehead atoms. The summed E-state index contributed by atoms with van der Waals surface area (Å²) in [6, 6.07) is -0.255. The predicted molar refractivity (Wildman–Crippen MR) is 62.9 cm³/mol. The van der Waals surface area contributed by atoms with E-state index in [9.17, 15) is 9.90 Å². The Hall–Kier alpha value is -1.11. The van der Waals surface area contributed by atoms with Crippen molar-refractivity contribution in [2.75, 3.05) is 19.8 Å². The van der Waals surface area contributed by atoms with Crippen LogP contribution in [-0.2, 0) is 14.2 Å². The molecule has 2 saturated heterocycles. The van der Waals surface area contributed by atoms with Crippen molar-refractivity contribution in [1.82, 2.24) is 4.90 Å². The van der Waals surface area contributed by atoms with Gasteiger partial charge >= 0.3 is 6.09 Å². The van der Waals surface area contributed by atoms with Crippen molar-refractivity contribution in [1.29, 1.82) is 0 Å². The zero-order valence-corrected chi connectivity index (χ0v) is 10.7. The average molecular weight is 257 g/mol. The molecule has 1 N–H and O–H groups in total. The van der Waals surface area contributed by atoms with Gasteiger partial charge in [-0.3, -0.25) is 4.90 Å². The van der Waals surface area contributed by atoms with Gasteiger partial charge in [0.2, 0.25) is 0 Å². The third kappa shape index (κ3) is 2.36. The van der Waals surface area contributed by atoms with E-state index in [-0.39, 0.29) is 25.3 Å². The number of aliphatic hydroxyl groups is 1. The van der Waals surface area contributed by atoms with Crippen LogP contribution in [0.2, 0.25) is 0 Å². The minimum atomic E-state index is -0.760. The molecule has 0 aliphatic carbocycles. The van der Waals surface area contributed by atoms with Gasteiger partial charge in [-0.15, -0.1) is 6.58 Å². The van der Waals surface area contributed by atoms with Crippen molar-refractivity contribution >= 4 is 6.09 Å². The normalized spacial score (nSPS) is 34.7. The molecule has 2 fully saturated rings. The molecule has 2 rings (SSSR count). The summed E-state index contributed by atoms with van der Waals surface area (Å²) in [5, 5.41) is 9.34. The highest BCUT2D eigenvalue weighted by atomic mass is 16.8. The smallest absolute Gasteiger partial charge is 0.410 e. The van der Waals surface area contributed by atoms with Gasteiger partial charge in [-0.25, -0.2) is 4.79 Å². The molecule has 0 saturated carbocycles. The van der Waals surface area contributed by atoms with Crippen molar-refractivity contribution < 1.29 is 24.1 Å². The van der Waals surface area contributed by atoms with Crippen molar-refractivity contribution in [2.45, 2.75) is 37.9 Å². The number of rotatable bonds is 4. The standard InChI is InChI=1S/C12H19NO5/c1-4-5-13-8(7-16-11(13)15)10-9(6-14)17-12(2,3)18-10/h4,8-10,14H,1,5-7H2,2-3H3/t8-,9-,10-/m1/s1. The molecule has 0 aromatic heterocycles. The summed E-state index contributed by atoms with van der Waals surface area (Å²) in [6.45, 7) is 7.66. The van der Waals surface area contributed by atoms with Gasteiger partial charge in [0.25, 0.3) is 0 Å². The first-order valence-electron chi connectivity index (χ1n) is 5.99. The summed E-state index contributed by atoms with van der Waals surface area (Å²) < 4.78 is 16.4. The summed E-state index contributed by atoms with van der Waals surface area (Å²) >= 11 is 0. The quantitative estimate of drug-likeness (QED) is 0.743. The number of nitrogens with zero attached hydrogens (tertiary/aromatic N) is 1. The number of hydrogen-bond donors (Lipinski definition) is 1. The van der Waals surface area contributed by atoms with Crippen molar-refractivity contribution in [3.63, 3.8) is 0 Å². The molecule has 0 aromatic carbocycles. The molecular weight excluding hydrogens is 238 g/mol. The van der Waals surface area contributed by atoms with E-state index < -0.39 is 18.0 Å². The molecule has 0 spiro atoms. The van der Waals surface area contributed by atoms with Crippen LogP contribution < -0.4 is 0 Å². The highest BCUT2D eigenvalue weighted by Crippen LogP contribution is 2.33. The molecule has 2 aliphatic heterocycles. The zero-order chi connectivity index (χ0) is 13.3. The first-order valence-corrected chi connectivity index (χ1v) is 5.99. The van der Waals surface area contributed by atoms with Crippen LogP contribution in [0.25, 0.3) is 0 Å². The van der Waals surface area contributed by atoms with Gasteiger partial charge in [0.05, 0.1) is 12.6 Å². The van der Waals surface area contributed by atoms with Gasteiger partial charge < -0.3 is 19.3 Å². The number of carbonyl (C=O) groups excluding carboxylic acids is 1. The summed E-state index contributed by atoms with van der Waals surface area (Å²) in [5.74, 6) is -0.760. The Morgan fingerprint density at radius 1 is 1.56 bits per heavy atom. The van der Waals surface area contributed by atoms with E-state index in [1.807, 2.05) is 0 Å². The second kappa shape index (κ2) is 4.87. The number of carbonyl (C=O) groups is 1. The molecule has 2 aliphatic rings. The Morgan fingerprint density at radius 2 is 2.28 bits per heavy atom. The van der Waals surface area contributed by atoms with E-state index in [4.69, 9.17) is 14.2 Å². The Labute approximate surface area is 106 Å². The summed E-state index contributed by atoms with van der Waals surface area (Å²) in [6.07, 6.45) is 0.405. The maximum absolute atomic E-state index is 11.6. The van der Waals surface area contributed by atoms with E-state index in [2.05, 4.69) is 6.58 Å². The van der Waals surface area contributed by atoms with Crippen molar-refractivity contribution in [3.05, 3.63) is 12.7 Å². The SMILES string of the molecule is C=CCN1C(=O)OC[C@@H]1[C@H]1OC(C)(C)O[C@@H]1CO. The van der Waals surface area contributed by atoms with E-state index in [0.717, 1.165) is 0 Å². The Kier molecular flexibility index (Phi) is 3.61. The molecule has 102 valence electrons. The first kappa shape index (κ1) is 13.3. The van der Waals surface area contributed by atoms with E-state index in [1.54, 1.807) is 24.8 Å². The molecule has 0 aromatic rings. The van der Waals surface area contributed by atoms with Crippen LogP contribution in [0.15, 0.2) is 12.7 Å². The van der Waals surface area contributed by atoms with E-state index in [1.165, 1.54) is 0 Å².